The van der Waals surface area contributed by atoms with Crippen LogP contribution in [-0.2, 0) is 0 Å². The molecule has 1 saturated carbocycles. The highest BCUT2D eigenvalue weighted by molar-refractivity contribution is 5.30. The van der Waals surface area contributed by atoms with E-state index >= 15 is 0 Å². The lowest BCUT2D eigenvalue weighted by atomic mass is 9.78. The van der Waals surface area contributed by atoms with Crippen molar-refractivity contribution in [1.29, 1.82) is 0 Å². The fraction of sp³-hybridized carbons (Fsp3) is 0.667. The summed E-state index contributed by atoms with van der Waals surface area (Å²) >= 11 is 0. The maximum Gasteiger partial charge on any atom is 0.0968 e. The Balaban J connectivity index is 2.21. The van der Waals surface area contributed by atoms with E-state index in [0.29, 0.717) is 0 Å². The number of hydrogen-bond acceptors (Lipinski definition) is 2. The molecule has 0 heterocycles. The first-order valence-corrected chi connectivity index (χ1v) is 8.03. The van der Waals surface area contributed by atoms with Crippen molar-refractivity contribution in [3.8, 4) is 0 Å². The van der Waals surface area contributed by atoms with E-state index in [9.17, 15) is 5.11 Å². The second-order valence-electron chi connectivity index (χ2n) is 6.53. The molecule has 1 N–H and O–H groups in total. The molecule has 0 bridgehead atoms. The molecule has 0 aromatic heterocycles. The Morgan fingerprint density at radius 3 is 2.40 bits per heavy atom. The molecule has 1 aliphatic carbocycles. The van der Waals surface area contributed by atoms with Crippen LogP contribution in [0.2, 0.25) is 0 Å². The van der Waals surface area contributed by atoms with Crippen LogP contribution < -0.4 is 0 Å². The molecule has 0 saturated heterocycles. The summed E-state index contributed by atoms with van der Waals surface area (Å²) in [5, 5.41) is 10.8. The van der Waals surface area contributed by atoms with Gasteiger partial charge in [-0.2, -0.15) is 0 Å². The Morgan fingerprint density at radius 2 is 1.90 bits per heavy atom. The van der Waals surface area contributed by atoms with Gasteiger partial charge in [-0.25, -0.2) is 0 Å². The quantitative estimate of drug-likeness (QED) is 0.844. The lowest BCUT2D eigenvalue weighted by Gasteiger charge is -2.41. The van der Waals surface area contributed by atoms with E-state index in [4.69, 9.17) is 0 Å². The van der Waals surface area contributed by atoms with E-state index in [1.165, 1.54) is 24.8 Å². The van der Waals surface area contributed by atoms with Crippen molar-refractivity contribution in [2.75, 3.05) is 13.1 Å². The van der Waals surface area contributed by atoms with Gasteiger partial charge in [-0.05, 0) is 56.8 Å². The second kappa shape index (κ2) is 6.28. The van der Waals surface area contributed by atoms with Crippen molar-refractivity contribution in [3.05, 3.63) is 35.4 Å². The van der Waals surface area contributed by atoms with E-state index in [1.807, 2.05) is 0 Å². The number of rotatable bonds is 6. The first kappa shape index (κ1) is 15.5. The van der Waals surface area contributed by atoms with E-state index < -0.39 is 6.10 Å². The highest BCUT2D eigenvalue weighted by Crippen LogP contribution is 2.38. The van der Waals surface area contributed by atoms with E-state index in [-0.39, 0.29) is 5.54 Å². The van der Waals surface area contributed by atoms with Gasteiger partial charge in [0.1, 0.15) is 0 Å². The fourth-order valence-corrected chi connectivity index (χ4v) is 3.34. The molecule has 1 unspecified atom stereocenters. The predicted octanol–water partition coefficient (Wildman–Crippen LogP) is 4.11. The van der Waals surface area contributed by atoms with Crippen LogP contribution in [0.25, 0.3) is 0 Å². The lowest BCUT2D eigenvalue weighted by Crippen LogP contribution is -2.48. The van der Waals surface area contributed by atoms with Gasteiger partial charge in [-0.15, -0.1) is 0 Å². The SMILES string of the molecule is CCN(CC)C(C)(C)C(O)c1cccc(C2CCC2)c1. The van der Waals surface area contributed by atoms with Gasteiger partial charge in [0.05, 0.1) is 6.10 Å². The summed E-state index contributed by atoms with van der Waals surface area (Å²) in [4.78, 5) is 2.33. The highest BCUT2D eigenvalue weighted by atomic mass is 16.3. The van der Waals surface area contributed by atoms with Gasteiger partial charge < -0.3 is 5.11 Å². The molecule has 0 spiro atoms. The minimum Gasteiger partial charge on any atom is -0.386 e. The molecule has 1 atom stereocenters. The summed E-state index contributed by atoms with van der Waals surface area (Å²) in [6, 6.07) is 8.60. The minimum atomic E-state index is -0.442. The number of hydrogen-bond donors (Lipinski definition) is 1. The topological polar surface area (TPSA) is 23.5 Å². The summed E-state index contributed by atoms with van der Waals surface area (Å²) in [6.07, 6.45) is 3.52. The summed E-state index contributed by atoms with van der Waals surface area (Å²) in [7, 11) is 0. The molecule has 1 fully saturated rings. The van der Waals surface area contributed by atoms with Crippen LogP contribution in [-0.4, -0.2) is 28.6 Å². The zero-order valence-electron chi connectivity index (χ0n) is 13.4. The molecule has 20 heavy (non-hydrogen) atoms. The average Bonchev–Trinajstić information content (AvgIpc) is 2.37. The molecule has 1 aromatic rings. The number of aliphatic hydroxyl groups is 1. The van der Waals surface area contributed by atoms with Crippen LogP contribution in [0.15, 0.2) is 24.3 Å². The van der Waals surface area contributed by atoms with Crippen molar-refractivity contribution in [1.82, 2.24) is 4.90 Å². The third-order valence-electron chi connectivity index (χ3n) is 5.05. The van der Waals surface area contributed by atoms with E-state index in [0.717, 1.165) is 24.6 Å². The van der Waals surface area contributed by atoms with Gasteiger partial charge in [0, 0.05) is 5.54 Å². The zero-order chi connectivity index (χ0) is 14.8. The second-order valence-corrected chi connectivity index (χ2v) is 6.53. The highest BCUT2D eigenvalue weighted by Gasteiger charge is 2.34. The molecule has 0 aliphatic heterocycles. The van der Waals surface area contributed by atoms with Crippen LogP contribution in [0.1, 0.15) is 70.1 Å². The molecule has 2 heteroatoms. The van der Waals surface area contributed by atoms with Gasteiger partial charge in [0.25, 0.3) is 0 Å². The molecule has 1 aliphatic rings. The Labute approximate surface area is 123 Å². The summed E-state index contributed by atoms with van der Waals surface area (Å²) < 4.78 is 0. The maximum atomic E-state index is 10.8. The van der Waals surface area contributed by atoms with Gasteiger partial charge >= 0.3 is 0 Å². The van der Waals surface area contributed by atoms with Gasteiger partial charge in [0.2, 0.25) is 0 Å². The number of nitrogens with zero attached hydrogens (tertiary/aromatic N) is 1. The van der Waals surface area contributed by atoms with E-state index in [2.05, 4.69) is 56.9 Å². The van der Waals surface area contributed by atoms with Crippen LogP contribution >= 0.6 is 0 Å². The number of benzene rings is 1. The summed E-state index contributed by atoms with van der Waals surface area (Å²) in [6.45, 7) is 10.5. The van der Waals surface area contributed by atoms with Gasteiger partial charge in [0.15, 0.2) is 0 Å². The van der Waals surface area contributed by atoms with Crippen molar-refractivity contribution < 1.29 is 5.11 Å². The Kier molecular flexibility index (Phi) is 4.87. The smallest absolute Gasteiger partial charge is 0.0968 e. The Hall–Kier alpha value is -0.860. The molecule has 0 amide bonds. The average molecular weight is 275 g/mol. The lowest BCUT2D eigenvalue weighted by molar-refractivity contribution is -0.00632. The van der Waals surface area contributed by atoms with Crippen molar-refractivity contribution in [3.63, 3.8) is 0 Å². The minimum absolute atomic E-state index is 0.234. The largest absolute Gasteiger partial charge is 0.386 e. The van der Waals surface area contributed by atoms with E-state index in [1.54, 1.807) is 0 Å². The monoisotopic (exact) mass is 275 g/mol. The molecular weight excluding hydrogens is 246 g/mol. The number of likely N-dealkylation sites (N-methyl/N-ethyl adjacent to an activating group) is 1. The first-order chi connectivity index (χ1) is 9.50. The molecule has 112 valence electrons. The van der Waals surface area contributed by atoms with Crippen molar-refractivity contribution in [2.24, 2.45) is 0 Å². The summed E-state index contributed by atoms with van der Waals surface area (Å²) in [5.74, 6) is 0.721. The van der Waals surface area contributed by atoms with Crippen molar-refractivity contribution >= 4 is 0 Å². The fourth-order valence-electron chi connectivity index (χ4n) is 3.34. The van der Waals surface area contributed by atoms with Crippen molar-refractivity contribution in [2.45, 2.75) is 64.5 Å². The molecule has 0 radical (unpaired) electrons. The molecule has 2 rings (SSSR count). The van der Waals surface area contributed by atoms with Gasteiger partial charge in [-0.1, -0.05) is 44.5 Å². The molecular formula is C18H29NO. The third-order valence-corrected chi connectivity index (χ3v) is 5.05. The first-order valence-electron chi connectivity index (χ1n) is 8.03. The maximum absolute atomic E-state index is 10.8. The Morgan fingerprint density at radius 1 is 1.25 bits per heavy atom. The van der Waals surface area contributed by atoms with Crippen LogP contribution in [0.5, 0.6) is 0 Å². The Bertz CT molecular complexity index is 433. The van der Waals surface area contributed by atoms with Gasteiger partial charge in [-0.3, -0.25) is 4.90 Å². The normalized spacial score (nSPS) is 18.1. The third kappa shape index (κ3) is 2.91. The standard InChI is InChI=1S/C18H29NO/c1-5-19(6-2)18(3,4)17(20)16-12-8-11-15(13-16)14-9-7-10-14/h8,11-14,17,20H,5-7,9-10H2,1-4H3. The predicted molar refractivity (Wildman–Crippen MR) is 85.0 cm³/mol. The molecule has 2 nitrogen and oxygen atoms in total. The number of aliphatic hydroxyl groups excluding tert-OH is 1. The summed E-state index contributed by atoms with van der Waals surface area (Å²) in [5.41, 5.74) is 2.23. The van der Waals surface area contributed by atoms with Crippen LogP contribution in [0, 0.1) is 0 Å². The van der Waals surface area contributed by atoms with Crippen LogP contribution in [0.4, 0.5) is 0 Å². The molecule has 1 aromatic carbocycles. The zero-order valence-corrected chi connectivity index (χ0v) is 13.4. The van der Waals surface area contributed by atoms with Crippen LogP contribution in [0.3, 0.4) is 0 Å².